The lowest BCUT2D eigenvalue weighted by Gasteiger charge is -2.20. The molecule has 29 heavy (non-hydrogen) atoms. The molecule has 0 aromatic heterocycles. The van der Waals surface area contributed by atoms with Gasteiger partial charge in [0.1, 0.15) is 18.7 Å². The third-order valence-corrected chi connectivity index (χ3v) is 4.23. The molecular weight excluding hydrogens is 398 g/mol. The number of hydrogen-bond donors (Lipinski definition) is 4. The van der Waals surface area contributed by atoms with E-state index in [-0.39, 0.29) is 13.0 Å². The molecule has 0 saturated carbocycles. The van der Waals surface area contributed by atoms with Crippen LogP contribution in [0.1, 0.15) is 11.1 Å². The van der Waals surface area contributed by atoms with Crippen molar-refractivity contribution < 1.29 is 24.2 Å². The lowest BCUT2D eigenvalue weighted by molar-refractivity contribution is -0.129. The molecule has 0 radical (unpaired) electrons. The van der Waals surface area contributed by atoms with Crippen LogP contribution in [0.25, 0.3) is 0 Å². The van der Waals surface area contributed by atoms with Crippen LogP contribution >= 0.6 is 11.6 Å². The minimum absolute atomic E-state index is 0.00508. The molecule has 0 aliphatic heterocycles. The van der Waals surface area contributed by atoms with Gasteiger partial charge in [0.15, 0.2) is 0 Å². The van der Waals surface area contributed by atoms with E-state index in [4.69, 9.17) is 22.1 Å². The number of carbonyl (C=O) groups is 3. The van der Waals surface area contributed by atoms with Crippen molar-refractivity contribution in [2.45, 2.75) is 25.1 Å². The number of rotatable bonds is 9. The van der Waals surface area contributed by atoms with Gasteiger partial charge in [-0.05, 0) is 23.3 Å². The third-order valence-electron chi connectivity index (χ3n) is 3.99. The van der Waals surface area contributed by atoms with Crippen molar-refractivity contribution in [3.63, 3.8) is 0 Å². The van der Waals surface area contributed by atoms with E-state index in [1.165, 1.54) is 0 Å². The summed E-state index contributed by atoms with van der Waals surface area (Å²) < 4.78 is 5.02. The molecule has 9 heteroatoms. The highest BCUT2D eigenvalue weighted by molar-refractivity contribution is 6.30. The monoisotopic (exact) mass is 419 g/mol. The van der Waals surface area contributed by atoms with E-state index in [2.05, 4.69) is 10.6 Å². The van der Waals surface area contributed by atoms with Crippen LogP contribution in [0.15, 0.2) is 54.6 Å². The summed E-state index contributed by atoms with van der Waals surface area (Å²) in [7, 11) is 0. The van der Waals surface area contributed by atoms with Crippen LogP contribution in [0.5, 0.6) is 0 Å². The second kappa shape index (κ2) is 11.0. The van der Waals surface area contributed by atoms with Crippen LogP contribution < -0.4 is 16.4 Å². The molecule has 0 fully saturated rings. The Kier molecular flexibility index (Phi) is 8.45. The Labute approximate surface area is 173 Å². The zero-order chi connectivity index (χ0) is 21.2. The molecule has 0 aliphatic rings. The van der Waals surface area contributed by atoms with E-state index in [0.717, 1.165) is 5.56 Å². The van der Waals surface area contributed by atoms with Gasteiger partial charge in [0.05, 0.1) is 6.61 Å². The van der Waals surface area contributed by atoms with Crippen molar-refractivity contribution in [1.29, 1.82) is 0 Å². The SMILES string of the molecule is NC(=O)[C@H](Cc1cccc(Cl)c1)NC(=O)[C@H](CO)NC(=O)OCc1ccccc1. The van der Waals surface area contributed by atoms with Gasteiger partial charge in [0.25, 0.3) is 0 Å². The summed E-state index contributed by atoms with van der Waals surface area (Å²) in [5.41, 5.74) is 6.82. The Morgan fingerprint density at radius 3 is 2.31 bits per heavy atom. The fraction of sp³-hybridized carbons (Fsp3) is 0.250. The van der Waals surface area contributed by atoms with E-state index in [1.54, 1.807) is 48.5 Å². The van der Waals surface area contributed by atoms with E-state index in [0.29, 0.717) is 10.6 Å². The first-order chi connectivity index (χ1) is 13.9. The normalized spacial score (nSPS) is 12.5. The van der Waals surface area contributed by atoms with Crippen LogP contribution in [0.2, 0.25) is 5.02 Å². The van der Waals surface area contributed by atoms with Gasteiger partial charge >= 0.3 is 6.09 Å². The van der Waals surface area contributed by atoms with Crippen LogP contribution in [0.3, 0.4) is 0 Å². The molecule has 2 aromatic carbocycles. The van der Waals surface area contributed by atoms with E-state index in [1.807, 2.05) is 6.07 Å². The van der Waals surface area contributed by atoms with Gasteiger partial charge in [0.2, 0.25) is 11.8 Å². The number of aliphatic hydroxyl groups excluding tert-OH is 1. The Morgan fingerprint density at radius 1 is 1.00 bits per heavy atom. The molecule has 0 bridgehead atoms. The smallest absolute Gasteiger partial charge is 0.408 e. The maximum absolute atomic E-state index is 12.4. The molecule has 5 N–H and O–H groups in total. The van der Waals surface area contributed by atoms with Gasteiger partial charge in [-0.15, -0.1) is 0 Å². The van der Waals surface area contributed by atoms with E-state index >= 15 is 0 Å². The summed E-state index contributed by atoms with van der Waals surface area (Å²) in [6.45, 7) is -0.681. The average Bonchev–Trinajstić information content (AvgIpc) is 2.70. The van der Waals surface area contributed by atoms with Crippen LogP contribution in [-0.4, -0.2) is 41.7 Å². The molecular formula is C20H22ClN3O5. The fourth-order valence-electron chi connectivity index (χ4n) is 2.50. The molecule has 0 heterocycles. The molecule has 2 aromatic rings. The van der Waals surface area contributed by atoms with Gasteiger partial charge in [-0.1, -0.05) is 54.1 Å². The van der Waals surface area contributed by atoms with Crippen molar-refractivity contribution in [3.8, 4) is 0 Å². The summed E-state index contributed by atoms with van der Waals surface area (Å²) in [5, 5.41) is 14.6. The maximum atomic E-state index is 12.4. The summed E-state index contributed by atoms with van der Waals surface area (Å²) >= 11 is 5.92. The molecule has 8 nitrogen and oxygen atoms in total. The highest BCUT2D eigenvalue weighted by Gasteiger charge is 2.26. The maximum Gasteiger partial charge on any atom is 0.408 e. The number of carbonyl (C=O) groups excluding carboxylic acids is 3. The zero-order valence-corrected chi connectivity index (χ0v) is 16.3. The molecule has 0 saturated heterocycles. The lowest BCUT2D eigenvalue weighted by atomic mass is 10.0. The lowest BCUT2D eigenvalue weighted by Crippen LogP contribution is -2.54. The van der Waals surface area contributed by atoms with Gasteiger partial charge in [-0.2, -0.15) is 0 Å². The van der Waals surface area contributed by atoms with Gasteiger partial charge in [-0.25, -0.2) is 4.79 Å². The molecule has 0 aliphatic carbocycles. The van der Waals surface area contributed by atoms with Crippen molar-refractivity contribution in [1.82, 2.24) is 10.6 Å². The Hall–Kier alpha value is -3.10. The Balaban J connectivity index is 1.92. The predicted molar refractivity (Wildman–Crippen MR) is 107 cm³/mol. The second-order valence-electron chi connectivity index (χ2n) is 6.24. The highest BCUT2D eigenvalue weighted by Crippen LogP contribution is 2.12. The number of aliphatic hydroxyl groups is 1. The first-order valence-corrected chi connectivity index (χ1v) is 9.19. The van der Waals surface area contributed by atoms with Crippen molar-refractivity contribution in [2.24, 2.45) is 5.73 Å². The van der Waals surface area contributed by atoms with Crippen molar-refractivity contribution >= 4 is 29.5 Å². The number of nitrogens with one attached hydrogen (secondary N) is 2. The largest absolute Gasteiger partial charge is 0.445 e. The number of benzene rings is 2. The van der Waals surface area contributed by atoms with Crippen LogP contribution in [0.4, 0.5) is 4.79 Å². The number of ether oxygens (including phenoxy) is 1. The number of hydrogen-bond acceptors (Lipinski definition) is 5. The quantitative estimate of drug-likeness (QED) is 0.484. The van der Waals surface area contributed by atoms with Crippen LogP contribution in [-0.2, 0) is 27.4 Å². The highest BCUT2D eigenvalue weighted by atomic mass is 35.5. The predicted octanol–water partition coefficient (Wildman–Crippen LogP) is 1.14. The second-order valence-corrected chi connectivity index (χ2v) is 6.68. The van der Waals surface area contributed by atoms with E-state index < -0.39 is 36.6 Å². The summed E-state index contributed by atoms with van der Waals surface area (Å²) in [5.74, 6) is -1.53. The first-order valence-electron chi connectivity index (χ1n) is 8.81. The Bertz CT molecular complexity index is 847. The standard InChI is InChI=1S/C20H22ClN3O5/c21-15-8-4-7-14(9-15)10-16(18(22)26)23-19(27)17(11-25)24-20(28)29-12-13-5-2-1-3-6-13/h1-9,16-17,25H,10-12H2,(H2,22,26)(H,23,27)(H,24,28)/t16-,17-/m0/s1. The number of nitrogens with two attached hydrogens (primary N) is 1. The third kappa shape index (κ3) is 7.44. The molecule has 0 spiro atoms. The number of primary amides is 1. The van der Waals surface area contributed by atoms with E-state index in [9.17, 15) is 19.5 Å². The minimum atomic E-state index is -1.31. The summed E-state index contributed by atoms with van der Waals surface area (Å²) in [6.07, 6.45) is -0.772. The van der Waals surface area contributed by atoms with Gasteiger partial charge in [0, 0.05) is 11.4 Å². The Morgan fingerprint density at radius 2 is 1.69 bits per heavy atom. The summed E-state index contributed by atoms with van der Waals surface area (Å²) in [6, 6.07) is 13.4. The average molecular weight is 420 g/mol. The zero-order valence-electron chi connectivity index (χ0n) is 15.5. The van der Waals surface area contributed by atoms with Crippen LogP contribution in [0, 0.1) is 0 Å². The molecule has 2 rings (SSSR count). The first kappa shape index (κ1) is 22.2. The molecule has 154 valence electrons. The van der Waals surface area contributed by atoms with Crippen molar-refractivity contribution in [2.75, 3.05) is 6.61 Å². The number of halogens is 1. The fourth-order valence-corrected chi connectivity index (χ4v) is 2.71. The molecule has 0 unspecified atom stereocenters. The van der Waals surface area contributed by atoms with Gasteiger partial charge in [-0.3, -0.25) is 9.59 Å². The molecule has 2 atom stereocenters. The van der Waals surface area contributed by atoms with Crippen molar-refractivity contribution in [3.05, 3.63) is 70.7 Å². The topological polar surface area (TPSA) is 131 Å². The van der Waals surface area contributed by atoms with Gasteiger partial charge < -0.3 is 26.2 Å². The number of alkyl carbamates (subject to hydrolysis) is 1. The summed E-state index contributed by atoms with van der Waals surface area (Å²) in [4.78, 5) is 36.0. The number of amides is 3. The minimum Gasteiger partial charge on any atom is -0.445 e. The molecule has 3 amide bonds.